The van der Waals surface area contributed by atoms with Gasteiger partial charge in [0.1, 0.15) is 0 Å². The Morgan fingerprint density at radius 3 is 2.89 bits per heavy atom. The number of carbonyl (C=O) groups excluding carboxylic acids is 1. The van der Waals surface area contributed by atoms with Crippen LogP contribution < -0.4 is 16.0 Å². The van der Waals surface area contributed by atoms with Crippen molar-refractivity contribution in [2.45, 2.75) is 19.4 Å². The molecule has 1 unspecified atom stereocenters. The van der Waals surface area contributed by atoms with E-state index in [0.717, 1.165) is 13.0 Å². The Hall–Kier alpha value is -2.31. The van der Waals surface area contributed by atoms with Gasteiger partial charge in [-0.15, -0.1) is 0 Å². The normalized spacial score (nSPS) is 18.4. The number of carboxylic acid groups (broad SMARTS) is 1. The van der Waals surface area contributed by atoms with Gasteiger partial charge >= 0.3 is 5.97 Å². The van der Waals surface area contributed by atoms with Crippen molar-refractivity contribution in [2.24, 2.45) is 0 Å². The zero-order chi connectivity index (χ0) is 14.0. The molecule has 102 valence electrons. The highest BCUT2D eigenvalue weighted by Crippen LogP contribution is 2.25. The SMILES string of the molecule is CC(=O)NC1CCN(c2ncc(C(=O)O)cc2N)C1. The number of carboxylic acids is 1. The zero-order valence-corrected chi connectivity index (χ0v) is 10.6. The van der Waals surface area contributed by atoms with Crippen molar-refractivity contribution in [3.8, 4) is 0 Å². The number of hydrogen-bond donors (Lipinski definition) is 3. The van der Waals surface area contributed by atoms with Crippen LogP contribution in [-0.4, -0.2) is 41.1 Å². The lowest BCUT2D eigenvalue weighted by atomic mass is 10.2. The van der Waals surface area contributed by atoms with Crippen LogP contribution in [0.25, 0.3) is 0 Å². The van der Waals surface area contributed by atoms with Gasteiger partial charge in [0.05, 0.1) is 11.3 Å². The maximum absolute atomic E-state index is 11.0. The number of nitrogens with one attached hydrogen (secondary N) is 1. The summed E-state index contributed by atoms with van der Waals surface area (Å²) in [5.74, 6) is -0.546. The first-order chi connectivity index (χ1) is 8.97. The number of hydrogen-bond acceptors (Lipinski definition) is 5. The maximum atomic E-state index is 11.0. The first-order valence-electron chi connectivity index (χ1n) is 5.98. The van der Waals surface area contributed by atoms with Crippen molar-refractivity contribution in [1.82, 2.24) is 10.3 Å². The van der Waals surface area contributed by atoms with Gasteiger partial charge in [-0.3, -0.25) is 4.79 Å². The molecule has 1 aliphatic heterocycles. The average molecular weight is 264 g/mol. The molecule has 2 heterocycles. The largest absolute Gasteiger partial charge is 0.478 e. The third kappa shape index (κ3) is 2.93. The Morgan fingerprint density at radius 1 is 1.58 bits per heavy atom. The number of nitrogens with zero attached hydrogens (tertiary/aromatic N) is 2. The third-order valence-corrected chi connectivity index (χ3v) is 3.04. The average Bonchev–Trinajstić information content (AvgIpc) is 2.76. The second-order valence-corrected chi connectivity index (χ2v) is 4.57. The predicted molar refractivity (Wildman–Crippen MR) is 70.0 cm³/mol. The highest BCUT2D eigenvalue weighted by Gasteiger charge is 2.25. The summed E-state index contributed by atoms with van der Waals surface area (Å²) < 4.78 is 0. The molecule has 0 radical (unpaired) electrons. The van der Waals surface area contributed by atoms with E-state index in [1.165, 1.54) is 19.2 Å². The minimum absolute atomic E-state index is 0.0611. The molecule has 1 aromatic rings. The molecule has 4 N–H and O–H groups in total. The van der Waals surface area contributed by atoms with Crippen LogP contribution in [0.1, 0.15) is 23.7 Å². The van der Waals surface area contributed by atoms with E-state index in [1.807, 2.05) is 4.90 Å². The first-order valence-corrected chi connectivity index (χ1v) is 5.98. The van der Waals surface area contributed by atoms with Gasteiger partial charge in [0.2, 0.25) is 5.91 Å². The lowest BCUT2D eigenvalue weighted by molar-refractivity contribution is -0.119. The molecule has 19 heavy (non-hydrogen) atoms. The van der Waals surface area contributed by atoms with E-state index >= 15 is 0 Å². The number of pyridine rings is 1. The number of nitrogen functional groups attached to an aromatic ring is 1. The molecule has 1 saturated heterocycles. The topological polar surface area (TPSA) is 109 Å². The van der Waals surface area contributed by atoms with Crippen molar-refractivity contribution in [2.75, 3.05) is 23.7 Å². The number of aromatic carboxylic acids is 1. The minimum Gasteiger partial charge on any atom is -0.478 e. The van der Waals surface area contributed by atoms with Gasteiger partial charge in [0, 0.05) is 32.3 Å². The summed E-state index contributed by atoms with van der Waals surface area (Å²) in [6.45, 7) is 2.84. The second kappa shape index (κ2) is 5.13. The molecule has 2 rings (SSSR count). The van der Waals surface area contributed by atoms with Crippen molar-refractivity contribution in [3.05, 3.63) is 17.8 Å². The van der Waals surface area contributed by atoms with Crippen LogP contribution in [-0.2, 0) is 4.79 Å². The Balaban J connectivity index is 2.11. The quantitative estimate of drug-likeness (QED) is 0.713. The molecule has 1 aliphatic rings. The molecule has 0 aromatic carbocycles. The van der Waals surface area contributed by atoms with Crippen LogP contribution in [0.15, 0.2) is 12.3 Å². The summed E-state index contributed by atoms with van der Waals surface area (Å²) in [4.78, 5) is 27.8. The predicted octanol–water partition coefficient (Wildman–Crippen LogP) is 0.0768. The number of nitrogens with two attached hydrogens (primary N) is 1. The monoisotopic (exact) mass is 264 g/mol. The smallest absolute Gasteiger partial charge is 0.337 e. The van der Waals surface area contributed by atoms with E-state index in [2.05, 4.69) is 10.3 Å². The molecule has 7 nitrogen and oxygen atoms in total. The Kier molecular flexibility index (Phi) is 3.55. The number of rotatable bonds is 3. The van der Waals surface area contributed by atoms with Crippen LogP contribution in [0.2, 0.25) is 0 Å². The molecular weight excluding hydrogens is 248 g/mol. The standard InChI is InChI=1S/C12H16N4O3/c1-7(17)15-9-2-3-16(6-9)11-10(13)4-8(5-14-11)12(18)19/h4-5,9H,2-3,6,13H2,1H3,(H,15,17)(H,18,19). The van der Waals surface area contributed by atoms with Crippen molar-refractivity contribution in [1.29, 1.82) is 0 Å². The van der Waals surface area contributed by atoms with Crippen LogP contribution in [0.4, 0.5) is 11.5 Å². The molecule has 0 saturated carbocycles. The lowest BCUT2D eigenvalue weighted by Gasteiger charge is -2.19. The van der Waals surface area contributed by atoms with Crippen molar-refractivity contribution < 1.29 is 14.7 Å². The summed E-state index contributed by atoms with van der Waals surface area (Å²) in [6.07, 6.45) is 2.11. The van der Waals surface area contributed by atoms with Gasteiger partial charge in [-0.25, -0.2) is 9.78 Å². The molecule has 1 atom stereocenters. The van der Waals surface area contributed by atoms with Crippen molar-refractivity contribution in [3.63, 3.8) is 0 Å². The summed E-state index contributed by atoms with van der Waals surface area (Å²) >= 11 is 0. The molecule has 7 heteroatoms. The number of carbonyl (C=O) groups is 2. The zero-order valence-electron chi connectivity index (χ0n) is 10.6. The van der Waals surface area contributed by atoms with Gasteiger partial charge in [-0.05, 0) is 12.5 Å². The lowest BCUT2D eigenvalue weighted by Crippen LogP contribution is -2.35. The fourth-order valence-corrected chi connectivity index (χ4v) is 2.21. The minimum atomic E-state index is -1.05. The molecule has 1 fully saturated rings. The highest BCUT2D eigenvalue weighted by atomic mass is 16.4. The fourth-order valence-electron chi connectivity index (χ4n) is 2.21. The number of anilines is 2. The Labute approximate surface area is 110 Å². The molecule has 0 bridgehead atoms. The van der Waals surface area contributed by atoms with Crippen molar-refractivity contribution >= 4 is 23.4 Å². The van der Waals surface area contributed by atoms with Gasteiger partial charge in [0.25, 0.3) is 0 Å². The van der Waals surface area contributed by atoms with E-state index in [1.54, 1.807) is 0 Å². The van der Waals surface area contributed by atoms with Gasteiger partial charge in [-0.1, -0.05) is 0 Å². The second-order valence-electron chi connectivity index (χ2n) is 4.57. The van der Waals surface area contributed by atoms with E-state index in [0.29, 0.717) is 18.1 Å². The summed E-state index contributed by atoms with van der Waals surface area (Å²) in [5, 5.41) is 11.7. The van der Waals surface area contributed by atoms with Gasteiger partial charge < -0.3 is 21.1 Å². The van der Waals surface area contributed by atoms with Crippen LogP contribution >= 0.6 is 0 Å². The number of amides is 1. The first kappa shape index (κ1) is 13.1. The maximum Gasteiger partial charge on any atom is 0.337 e. The van der Waals surface area contributed by atoms with Gasteiger partial charge in [0.15, 0.2) is 5.82 Å². The van der Waals surface area contributed by atoms with Gasteiger partial charge in [-0.2, -0.15) is 0 Å². The van der Waals surface area contributed by atoms with E-state index in [9.17, 15) is 9.59 Å². The third-order valence-electron chi connectivity index (χ3n) is 3.04. The highest BCUT2D eigenvalue weighted by molar-refractivity contribution is 5.89. The Morgan fingerprint density at radius 2 is 2.32 bits per heavy atom. The van der Waals surface area contributed by atoms with E-state index in [4.69, 9.17) is 10.8 Å². The summed E-state index contributed by atoms with van der Waals surface area (Å²) in [7, 11) is 0. The summed E-state index contributed by atoms with van der Waals surface area (Å²) in [5.41, 5.74) is 6.24. The van der Waals surface area contributed by atoms with Crippen LogP contribution in [0.3, 0.4) is 0 Å². The van der Waals surface area contributed by atoms with Crippen LogP contribution in [0, 0.1) is 0 Å². The summed E-state index contributed by atoms with van der Waals surface area (Å²) in [6, 6.07) is 1.48. The fraction of sp³-hybridized carbons (Fsp3) is 0.417. The molecule has 0 aliphatic carbocycles. The van der Waals surface area contributed by atoms with E-state index in [-0.39, 0.29) is 17.5 Å². The van der Waals surface area contributed by atoms with E-state index < -0.39 is 5.97 Å². The molecular formula is C12H16N4O3. The molecule has 1 aromatic heterocycles. The number of aromatic nitrogens is 1. The molecule has 1 amide bonds. The Bertz CT molecular complexity index is 518. The van der Waals surface area contributed by atoms with Crippen LogP contribution in [0.5, 0.6) is 0 Å². The molecule has 0 spiro atoms.